The molecular formula is C26H29F3N8O. The summed E-state index contributed by atoms with van der Waals surface area (Å²) < 4.78 is 42.1. The molecule has 0 amide bonds. The number of anilines is 3. The first-order valence-corrected chi connectivity index (χ1v) is 12.6. The summed E-state index contributed by atoms with van der Waals surface area (Å²) in [5, 5.41) is 10.1. The molecule has 0 radical (unpaired) electrons. The lowest BCUT2D eigenvalue weighted by Crippen LogP contribution is -2.35. The molecular weight excluding hydrogens is 497 g/mol. The highest BCUT2D eigenvalue weighted by Crippen LogP contribution is 2.30. The second-order valence-electron chi connectivity index (χ2n) is 9.77. The van der Waals surface area contributed by atoms with Crippen LogP contribution in [0.25, 0.3) is 16.9 Å². The Labute approximate surface area is 217 Å². The van der Waals surface area contributed by atoms with Crippen molar-refractivity contribution < 1.29 is 13.2 Å². The maximum absolute atomic E-state index is 13.3. The quantitative estimate of drug-likeness (QED) is 0.325. The van der Waals surface area contributed by atoms with Gasteiger partial charge in [0.1, 0.15) is 11.2 Å². The number of aromatic nitrogens is 5. The van der Waals surface area contributed by atoms with Crippen molar-refractivity contribution in [2.75, 3.05) is 23.7 Å². The average molecular weight is 527 g/mol. The lowest BCUT2D eigenvalue weighted by molar-refractivity contribution is -0.137. The van der Waals surface area contributed by atoms with Gasteiger partial charge in [-0.2, -0.15) is 18.2 Å². The van der Waals surface area contributed by atoms with Crippen molar-refractivity contribution in [1.29, 1.82) is 0 Å². The number of rotatable bonds is 7. The number of piperidine rings is 1. The van der Waals surface area contributed by atoms with Crippen LogP contribution in [-0.2, 0) is 12.7 Å². The fraction of sp³-hybridized carbons (Fsp3) is 0.385. The summed E-state index contributed by atoms with van der Waals surface area (Å²) in [5.41, 5.74) is -0.248. The van der Waals surface area contributed by atoms with Crippen molar-refractivity contribution in [2.45, 2.75) is 45.5 Å². The van der Waals surface area contributed by atoms with Crippen LogP contribution in [0.1, 0.15) is 32.3 Å². The summed E-state index contributed by atoms with van der Waals surface area (Å²) >= 11 is 0. The van der Waals surface area contributed by atoms with Crippen molar-refractivity contribution in [2.24, 2.45) is 5.92 Å². The van der Waals surface area contributed by atoms with Crippen LogP contribution >= 0.6 is 0 Å². The molecule has 4 aromatic rings. The molecule has 0 saturated carbocycles. The van der Waals surface area contributed by atoms with Crippen molar-refractivity contribution in [3.63, 3.8) is 0 Å². The smallest absolute Gasteiger partial charge is 0.367 e. The molecule has 1 aliphatic heterocycles. The van der Waals surface area contributed by atoms with E-state index in [1.54, 1.807) is 9.36 Å². The Morgan fingerprint density at radius 2 is 1.82 bits per heavy atom. The van der Waals surface area contributed by atoms with Crippen LogP contribution in [0.2, 0.25) is 0 Å². The van der Waals surface area contributed by atoms with Crippen molar-refractivity contribution in [3.8, 4) is 5.82 Å². The van der Waals surface area contributed by atoms with Crippen molar-refractivity contribution in [3.05, 3.63) is 64.6 Å². The Morgan fingerprint density at radius 3 is 2.50 bits per heavy atom. The number of benzene rings is 1. The summed E-state index contributed by atoms with van der Waals surface area (Å²) in [6, 6.07) is 10.5. The minimum absolute atomic E-state index is 0.150. The third-order valence-electron chi connectivity index (χ3n) is 6.32. The average Bonchev–Trinajstić information content (AvgIpc) is 3.14. The molecule has 0 aliphatic carbocycles. The van der Waals surface area contributed by atoms with E-state index in [9.17, 15) is 18.0 Å². The van der Waals surface area contributed by atoms with Crippen molar-refractivity contribution in [1.82, 2.24) is 29.6 Å². The zero-order valence-electron chi connectivity index (χ0n) is 21.1. The number of alkyl halides is 3. The zero-order chi connectivity index (χ0) is 26.9. The van der Waals surface area contributed by atoms with Gasteiger partial charge < -0.3 is 16.0 Å². The highest BCUT2D eigenvalue weighted by Gasteiger charge is 2.30. The Morgan fingerprint density at radius 1 is 1.08 bits per heavy atom. The Hall–Kier alpha value is -3.93. The molecule has 200 valence electrons. The molecule has 1 saturated heterocycles. The van der Waals surface area contributed by atoms with E-state index in [-0.39, 0.29) is 17.4 Å². The molecule has 0 spiro atoms. The van der Waals surface area contributed by atoms with Gasteiger partial charge in [-0.25, -0.2) is 19.3 Å². The van der Waals surface area contributed by atoms with Gasteiger partial charge >= 0.3 is 6.18 Å². The van der Waals surface area contributed by atoms with Gasteiger partial charge in [-0.3, -0.25) is 4.79 Å². The summed E-state index contributed by atoms with van der Waals surface area (Å²) in [6.45, 7) is 6.35. The summed E-state index contributed by atoms with van der Waals surface area (Å²) in [4.78, 5) is 27.0. The number of halogens is 3. The molecule has 1 aromatic carbocycles. The van der Waals surface area contributed by atoms with E-state index in [1.807, 2.05) is 32.0 Å². The third-order valence-corrected chi connectivity index (χ3v) is 6.32. The predicted octanol–water partition coefficient (Wildman–Crippen LogP) is 4.56. The van der Waals surface area contributed by atoms with Gasteiger partial charge in [0.15, 0.2) is 11.5 Å². The first-order chi connectivity index (χ1) is 18.2. The van der Waals surface area contributed by atoms with Gasteiger partial charge in [-0.05, 0) is 68.2 Å². The van der Waals surface area contributed by atoms with E-state index < -0.39 is 11.7 Å². The summed E-state index contributed by atoms with van der Waals surface area (Å²) in [7, 11) is 0. The second kappa shape index (κ2) is 10.4. The van der Waals surface area contributed by atoms with Crippen LogP contribution in [0.4, 0.5) is 30.6 Å². The van der Waals surface area contributed by atoms with Crippen LogP contribution in [0.3, 0.4) is 0 Å². The van der Waals surface area contributed by atoms with Gasteiger partial charge in [0.05, 0.1) is 5.56 Å². The van der Waals surface area contributed by atoms with E-state index in [2.05, 4.69) is 25.9 Å². The normalized spacial score (nSPS) is 14.8. The fourth-order valence-electron chi connectivity index (χ4n) is 4.50. The predicted molar refractivity (Wildman–Crippen MR) is 140 cm³/mol. The maximum atomic E-state index is 13.3. The highest BCUT2D eigenvalue weighted by molar-refractivity contribution is 5.77. The SMILES string of the molecule is CC(C)Cn1c(=O)c2cnc(Nc3ccc(C(F)(F)F)cc3)nc2n1-c1cccc(NC2CCNCC2)n1. The second-order valence-corrected chi connectivity index (χ2v) is 9.77. The number of nitrogens with zero attached hydrogens (tertiary/aromatic N) is 5. The minimum Gasteiger partial charge on any atom is -0.367 e. The van der Waals surface area contributed by atoms with Gasteiger partial charge in [0, 0.05) is 24.5 Å². The van der Waals surface area contributed by atoms with E-state index in [4.69, 9.17) is 4.98 Å². The molecule has 3 aromatic heterocycles. The molecule has 12 heteroatoms. The van der Waals surface area contributed by atoms with Crippen LogP contribution in [0, 0.1) is 5.92 Å². The number of fused-ring (bicyclic) bond motifs is 1. The van der Waals surface area contributed by atoms with Crippen LogP contribution < -0.4 is 21.5 Å². The lowest BCUT2D eigenvalue weighted by Gasteiger charge is -2.24. The number of hydrogen-bond acceptors (Lipinski definition) is 7. The highest BCUT2D eigenvalue weighted by atomic mass is 19.4. The standard InChI is InChI=1S/C26H29F3N8O/c1-16(2)15-36-24(38)20-14-31-25(33-18-8-6-17(7-9-18)26(27,28)29)35-23(20)37(36)22-5-3-4-21(34-22)32-19-10-12-30-13-11-19/h3-9,14,16,19,30H,10-13,15H2,1-2H3,(H,32,34)(H,31,33,35). The van der Waals surface area contributed by atoms with E-state index in [1.165, 1.54) is 18.3 Å². The Balaban J connectivity index is 1.53. The molecule has 0 unspecified atom stereocenters. The minimum atomic E-state index is -4.42. The van der Waals surface area contributed by atoms with Crippen LogP contribution in [0.15, 0.2) is 53.5 Å². The molecule has 4 heterocycles. The molecule has 0 bridgehead atoms. The number of pyridine rings is 1. The zero-order valence-corrected chi connectivity index (χ0v) is 21.1. The number of nitrogens with one attached hydrogen (secondary N) is 3. The first kappa shape index (κ1) is 25.7. The molecule has 3 N–H and O–H groups in total. The van der Waals surface area contributed by atoms with E-state index >= 15 is 0 Å². The van der Waals surface area contributed by atoms with Gasteiger partial charge in [-0.15, -0.1) is 0 Å². The summed E-state index contributed by atoms with van der Waals surface area (Å²) in [5.74, 6) is 1.55. The summed E-state index contributed by atoms with van der Waals surface area (Å²) in [6.07, 6.45) is -1.01. The van der Waals surface area contributed by atoms with Gasteiger partial charge in [0.2, 0.25) is 5.95 Å². The Kier molecular flexibility index (Phi) is 7.06. The van der Waals surface area contributed by atoms with Crippen LogP contribution in [0.5, 0.6) is 0 Å². The molecule has 38 heavy (non-hydrogen) atoms. The van der Waals surface area contributed by atoms with Gasteiger partial charge in [-0.1, -0.05) is 19.9 Å². The molecule has 1 aliphatic rings. The monoisotopic (exact) mass is 526 g/mol. The fourth-order valence-corrected chi connectivity index (χ4v) is 4.50. The van der Waals surface area contributed by atoms with E-state index in [0.717, 1.165) is 38.1 Å². The molecule has 1 fully saturated rings. The van der Waals surface area contributed by atoms with Crippen molar-refractivity contribution >= 4 is 28.5 Å². The molecule has 0 atom stereocenters. The molecule has 9 nitrogen and oxygen atoms in total. The van der Waals surface area contributed by atoms with E-state index in [0.29, 0.717) is 40.9 Å². The van der Waals surface area contributed by atoms with Gasteiger partial charge in [0.25, 0.3) is 5.56 Å². The first-order valence-electron chi connectivity index (χ1n) is 12.6. The largest absolute Gasteiger partial charge is 0.416 e. The molecule has 5 rings (SSSR count). The lowest BCUT2D eigenvalue weighted by atomic mass is 10.1. The number of hydrogen-bond donors (Lipinski definition) is 3. The van der Waals surface area contributed by atoms with Crippen LogP contribution in [-0.4, -0.2) is 43.4 Å². The Bertz CT molecular complexity index is 1470. The third kappa shape index (κ3) is 5.49. The topological polar surface area (TPSA) is 102 Å². The maximum Gasteiger partial charge on any atom is 0.416 e.